The number of nitrogens with one attached hydrogen (secondary N) is 3. The summed E-state index contributed by atoms with van der Waals surface area (Å²) in [5.41, 5.74) is 5.10. The van der Waals surface area contributed by atoms with E-state index in [9.17, 15) is 9.59 Å². The number of nitrogens with two attached hydrogens (primary N) is 1. The molecule has 0 aliphatic heterocycles. The van der Waals surface area contributed by atoms with E-state index in [-0.39, 0.29) is 36.7 Å². The predicted octanol–water partition coefficient (Wildman–Crippen LogP) is -0.609. The zero-order valence-electron chi connectivity index (χ0n) is 12.8. The molecule has 11 heteroatoms. The number of carboxylic acids is 1. The SMILES string of the molecule is N=C(N)NCCCC(NC(=O)CCCCCON(O)O)C(=O)O. The van der Waals surface area contributed by atoms with Crippen LogP contribution in [0.4, 0.5) is 0 Å². The van der Waals surface area contributed by atoms with Gasteiger partial charge in [0.2, 0.25) is 5.91 Å². The summed E-state index contributed by atoms with van der Waals surface area (Å²) in [5, 5.41) is 37.2. The monoisotopic (exact) mass is 335 g/mol. The molecule has 0 saturated carbocycles. The van der Waals surface area contributed by atoms with Gasteiger partial charge >= 0.3 is 5.97 Å². The standard InChI is InChI=1S/C12H25N5O6/c13-12(14)15-7-4-5-9(11(19)20)16-10(18)6-2-1-3-8-23-17(21)22/h9,21-22H,1-8H2,(H,16,18)(H,19,20)(H4,13,14,15). The highest BCUT2D eigenvalue weighted by atomic mass is 17.1. The summed E-state index contributed by atoms with van der Waals surface area (Å²) in [6.07, 6.45) is 2.55. The van der Waals surface area contributed by atoms with Gasteiger partial charge in [0.05, 0.1) is 12.0 Å². The Hall–Kier alpha value is -1.95. The van der Waals surface area contributed by atoms with Crippen molar-refractivity contribution in [3.05, 3.63) is 0 Å². The van der Waals surface area contributed by atoms with E-state index in [0.29, 0.717) is 32.2 Å². The zero-order valence-corrected chi connectivity index (χ0v) is 12.8. The maximum atomic E-state index is 11.7. The van der Waals surface area contributed by atoms with Crippen LogP contribution in [0.1, 0.15) is 38.5 Å². The quantitative estimate of drug-likeness (QED) is 0.0999. The molecule has 0 saturated heterocycles. The second kappa shape index (κ2) is 12.6. The number of carbonyl (C=O) groups is 2. The molecule has 0 fully saturated rings. The highest BCUT2D eigenvalue weighted by Crippen LogP contribution is 2.03. The molecule has 1 amide bonds. The van der Waals surface area contributed by atoms with Crippen molar-refractivity contribution in [1.29, 1.82) is 5.41 Å². The highest BCUT2D eigenvalue weighted by Gasteiger charge is 2.19. The molecule has 23 heavy (non-hydrogen) atoms. The molecular weight excluding hydrogens is 310 g/mol. The number of amides is 1. The molecular formula is C12H25N5O6. The van der Waals surface area contributed by atoms with E-state index in [1.165, 1.54) is 0 Å². The minimum absolute atomic E-state index is 0.107. The summed E-state index contributed by atoms with van der Waals surface area (Å²) >= 11 is 0. The van der Waals surface area contributed by atoms with Crippen molar-refractivity contribution in [3.63, 3.8) is 0 Å². The number of carboxylic acid groups (broad SMARTS) is 1. The Morgan fingerprint density at radius 2 is 1.91 bits per heavy atom. The number of guanidine groups is 1. The van der Waals surface area contributed by atoms with Gasteiger partial charge in [-0.05, 0) is 25.7 Å². The number of rotatable bonds is 13. The van der Waals surface area contributed by atoms with Gasteiger partial charge in [-0.2, -0.15) is 0 Å². The maximum absolute atomic E-state index is 11.7. The summed E-state index contributed by atoms with van der Waals surface area (Å²) in [6.45, 7) is 0.469. The van der Waals surface area contributed by atoms with Crippen molar-refractivity contribution in [1.82, 2.24) is 16.0 Å². The average Bonchev–Trinajstić information content (AvgIpc) is 2.45. The topological polar surface area (TPSA) is 181 Å². The fourth-order valence-corrected chi connectivity index (χ4v) is 1.76. The molecule has 0 rings (SSSR count). The highest BCUT2D eigenvalue weighted by molar-refractivity contribution is 5.83. The minimum atomic E-state index is -1.11. The number of carbonyl (C=O) groups excluding carboxylic acids is 1. The van der Waals surface area contributed by atoms with E-state index >= 15 is 0 Å². The summed E-state index contributed by atoms with van der Waals surface area (Å²) in [4.78, 5) is 27.1. The van der Waals surface area contributed by atoms with Crippen LogP contribution >= 0.6 is 0 Å². The van der Waals surface area contributed by atoms with Crippen LogP contribution in [0, 0.1) is 5.41 Å². The summed E-state index contributed by atoms with van der Waals surface area (Å²) in [6, 6.07) is -0.975. The molecule has 8 N–H and O–H groups in total. The van der Waals surface area contributed by atoms with Crippen LogP contribution in [0.5, 0.6) is 0 Å². The van der Waals surface area contributed by atoms with Crippen LogP contribution in [0.2, 0.25) is 0 Å². The van der Waals surface area contributed by atoms with Crippen LogP contribution in [0.15, 0.2) is 0 Å². The lowest BCUT2D eigenvalue weighted by molar-refractivity contribution is -0.492. The Morgan fingerprint density at radius 3 is 2.48 bits per heavy atom. The lowest BCUT2D eigenvalue weighted by Gasteiger charge is -2.14. The van der Waals surface area contributed by atoms with Crippen molar-refractivity contribution in [3.8, 4) is 0 Å². The molecule has 1 atom stereocenters. The van der Waals surface area contributed by atoms with Gasteiger partial charge in [-0.1, -0.05) is 6.42 Å². The summed E-state index contributed by atoms with van der Waals surface area (Å²) in [5.74, 6) is -1.65. The van der Waals surface area contributed by atoms with E-state index in [1.807, 2.05) is 0 Å². The summed E-state index contributed by atoms with van der Waals surface area (Å²) < 4.78 is 0. The normalized spacial score (nSPS) is 12.0. The third-order valence-electron chi connectivity index (χ3n) is 2.87. The number of hydrogen-bond acceptors (Lipinski definition) is 7. The fourth-order valence-electron chi connectivity index (χ4n) is 1.76. The molecule has 0 spiro atoms. The largest absolute Gasteiger partial charge is 0.480 e. The van der Waals surface area contributed by atoms with E-state index in [1.54, 1.807) is 0 Å². The van der Waals surface area contributed by atoms with Gasteiger partial charge in [0.1, 0.15) is 6.04 Å². The smallest absolute Gasteiger partial charge is 0.326 e. The van der Waals surface area contributed by atoms with Crippen molar-refractivity contribution in [2.45, 2.75) is 44.6 Å². The first kappa shape index (κ1) is 21.0. The van der Waals surface area contributed by atoms with Crippen LogP contribution in [0.25, 0.3) is 0 Å². The second-order valence-corrected chi connectivity index (χ2v) is 4.84. The van der Waals surface area contributed by atoms with Gasteiger partial charge < -0.3 is 21.5 Å². The number of aliphatic carboxylic acids is 1. The van der Waals surface area contributed by atoms with Crippen LogP contribution in [-0.4, -0.2) is 57.9 Å². The predicted molar refractivity (Wildman–Crippen MR) is 78.5 cm³/mol. The van der Waals surface area contributed by atoms with Gasteiger partial charge in [0.25, 0.3) is 0 Å². The van der Waals surface area contributed by atoms with Gasteiger partial charge in [0.15, 0.2) is 5.96 Å². The molecule has 0 aromatic heterocycles. The maximum Gasteiger partial charge on any atom is 0.326 e. The first-order chi connectivity index (χ1) is 10.8. The molecule has 0 aliphatic rings. The number of nitrogens with zero attached hydrogens (tertiary/aromatic N) is 1. The zero-order chi connectivity index (χ0) is 17.7. The van der Waals surface area contributed by atoms with E-state index in [4.69, 9.17) is 26.7 Å². The molecule has 0 radical (unpaired) electrons. The lowest BCUT2D eigenvalue weighted by Crippen LogP contribution is -2.41. The van der Waals surface area contributed by atoms with Crippen molar-refractivity contribution in [2.24, 2.45) is 5.73 Å². The van der Waals surface area contributed by atoms with Crippen molar-refractivity contribution >= 4 is 17.8 Å². The Balaban J connectivity index is 3.83. The van der Waals surface area contributed by atoms with E-state index in [0.717, 1.165) is 0 Å². The van der Waals surface area contributed by atoms with Crippen molar-refractivity contribution in [2.75, 3.05) is 13.2 Å². The molecule has 0 bridgehead atoms. The number of hydrogen-bond donors (Lipinski definition) is 7. The van der Waals surface area contributed by atoms with Gasteiger partial charge in [-0.3, -0.25) is 25.5 Å². The van der Waals surface area contributed by atoms with Crippen LogP contribution in [-0.2, 0) is 14.4 Å². The molecule has 0 aromatic carbocycles. The average molecular weight is 335 g/mol. The van der Waals surface area contributed by atoms with E-state index < -0.39 is 12.0 Å². The number of unbranched alkanes of at least 4 members (excludes halogenated alkanes) is 2. The Morgan fingerprint density at radius 1 is 1.22 bits per heavy atom. The molecule has 0 heterocycles. The van der Waals surface area contributed by atoms with Crippen LogP contribution < -0.4 is 16.4 Å². The van der Waals surface area contributed by atoms with Crippen molar-refractivity contribution < 1.29 is 29.9 Å². The molecule has 0 aromatic rings. The Kier molecular flexibility index (Phi) is 11.5. The van der Waals surface area contributed by atoms with Gasteiger partial charge in [-0.25, -0.2) is 4.79 Å². The third-order valence-corrected chi connectivity index (χ3v) is 2.87. The fraction of sp³-hybridized carbons (Fsp3) is 0.750. The minimum Gasteiger partial charge on any atom is -0.480 e. The molecule has 11 nitrogen and oxygen atoms in total. The van der Waals surface area contributed by atoms with Gasteiger partial charge in [0, 0.05) is 13.0 Å². The third kappa shape index (κ3) is 13.4. The second-order valence-electron chi connectivity index (χ2n) is 4.84. The summed E-state index contributed by atoms with van der Waals surface area (Å²) in [7, 11) is 0. The molecule has 1 unspecified atom stereocenters. The van der Waals surface area contributed by atoms with E-state index in [2.05, 4.69) is 15.5 Å². The first-order valence-electron chi connectivity index (χ1n) is 7.23. The first-order valence-corrected chi connectivity index (χ1v) is 7.23. The van der Waals surface area contributed by atoms with Gasteiger partial charge in [-0.15, -0.1) is 0 Å². The van der Waals surface area contributed by atoms with Crippen LogP contribution in [0.3, 0.4) is 0 Å². The Bertz CT molecular complexity index is 379. The molecule has 0 aliphatic carbocycles. The Labute approximate surface area is 133 Å². The lowest BCUT2D eigenvalue weighted by atomic mass is 10.1. The molecule has 134 valence electrons.